The number of alkyl halides is 1. The number of benzene rings is 1. The highest BCUT2D eigenvalue weighted by Gasteiger charge is 2.31. The highest BCUT2D eigenvalue weighted by atomic mass is 35.5. The summed E-state index contributed by atoms with van der Waals surface area (Å²) in [7, 11) is 0. The maximum absolute atomic E-state index is 14.4. The molecule has 0 amide bonds. The van der Waals surface area contributed by atoms with Crippen LogP contribution < -0.4 is 5.32 Å². The van der Waals surface area contributed by atoms with Gasteiger partial charge in [-0.15, -0.1) is 0 Å². The molecule has 1 aromatic carbocycles. The van der Waals surface area contributed by atoms with Gasteiger partial charge in [0.2, 0.25) is 0 Å². The van der Waals surface area contributed by atoms with Gasteiger partial charge in [-0.2, -0.15) is 0 Å². The van der Waals surface area contributed by atoms with Gasteiger partial charge in [0.05, 0.1) is 0 Å². The van der Waals surface area contributed by atoms with Crippen LogP contribution in [0.15, 0.2) is 29.3 Å². The molecular weight excluding hydrogens is 289 g/mol. The molecule has 0 aromatic heterocycles. The van der Waals surface area contributed by atoms with E-state index in [9.17, 15) is 4.39 Å². The van der Waals surface area contributed by atoms with E-state index in [0.717, 1.165) is 30.2 Å². The minimum Gasteiger partial charge on any atom is -0.289 e. The largest absolute Gasteiger partial charge is 0.289 e. The third kappa shape index (κ3) is 3.62. The van der Waals surface area contributed by atoms with Crippen molar-refractivity contribution < 1.29 is 4.39 Å². The Labute approximate surface area is 130 Å². The third-order valence-corrected chi connectivity index (χ3v) is 4.61. The van der Waals surface area contributed by atoms with Gasteiger partial charge < -0.3 is 0 Å². The first-order valence-corrected chi connectivity index (χ1v) is 7.90. The smallest absolute Gasteiger partial charge is 0.154 e. The van der Waals surface area contributed by atoms with Crippen molar-refractivity contribution >= 4 is 17.3 Å². The summed E-state index contributed by atoms with van der Waals surface area (Å²) in [6.45, 7) is 4.27. The zero-order valence-electron chi connectivity index (χ0n) is 12.2. The second-order valence-electron chi connectivity index (χ2n) is 5.96. The fourth-order valence-corrected chi connectivity index (χ4v) is 3.28. The number of rotatable bonds is 3. The van der Waals surface area contributed by atoms with Crippen LogP contribution >= 0.6 is 11.6 Å². The van der Waals surface area contributed by atoms with Crippen LogP contribution in [0.1, 0.15) is 31.2 Å². The second kappa shape index (κ2) is 6.42. The Morgan fingerprint density at radius 1 is 1.38 bits per heavy atom. The Hall–Kier alpha value is -0.970. The van der Waals surface area contributed by atoms with Crippen molar-refractivity contribution in [3.63, 3.8) is 0 Å². The standard InChI is InChI=1S/C16H21ClFN3/c1-11-9-19-16(20-11)10-21-7-6-13(8-15(21)18)12-2-4-14(17)5-3-12/h2-5,13,15-16,19H,6-10H2,1H3. The molecule has 2 aliphatic rings. The lowest BCUT2D eigenvalue weighted by Crippen LogP contribution is -2.45. The van der Waals surface area contributed by atoms with Crippen LogP contribution in [0.4, 0.5) is 4.39 Å². The van der Waals surface area contributed by atoms with E-state index < -0.39 is 6.30 Å². The van der Waals surface area contributed by atoms with Crippen LogP contribution in [0.5, 0.6) is 0 Å². The predicted octanol–water partition coefficient (Wildman–Crippen LogP) is 3.21. The molecule has 2 aliphatic heterocycles. The number of likely N-dealkylation sites (tertiary alicyclic amines) is 1. The summed E-state index contributed by atoms with van der Waals surface area (Å²) in [4.78, 5) is 6.40. The van der Waals surface area contributed by atoms with E-state index in [0.29, 0.717) is 13.0 Å². The van der Waals surface area contributed by atoms with E-state index in [1.165, 1.54) is 5.56 Å². The molecule has 1 fully saturated rings. The van der Waals surface area contributed by atoms with Gasteiger partial charge in [0.1, 0.15) is 6.17 Å². The van der Waals surface area contributed by atoms with E-state index in [1.807, 2.05) is 36.1 Å². The van der Waals surface area contributed by atoms with E-state index >= 15 is 0 Å². The number of hydrogen-bond donors (Lipinski definition) is 1. The molecule has 3 nitrogen and oxygen atoms in total. The van der Waals surface area contributed by atoms with Gasteiger partial charge in [-0.05, 0) is 43.4 Å². The Morgan fingerprint density at radius 2 is 2.14 bits per heavy atom. The van der Waals surface area contributed by atoms with Crippen LogP contribution in [0.3, 0.4) is 0 Å². The molecule has 0 bridgehead atoms. The molecule has 1 N–H and O–H groups in total. The SMILES string of the molecule is CC1=NC(CN2CCC(c3ccc(Cl)cc3)CC2F)NC1. The monoisotopic (exact) mass is 309 g/mol. The summed E-state index contributed by atoms with van der Waals surface area (Å²) < 4.78 is 14.4. The van der Waals surface area contributed by atoms with Gasteiger partial charge in [-0.3, -0.25) is 15.2 Å². The number of aliphatic imine (C=N–C) groups is 1. The molecule has 0 saturated carbocycles. The molecule has 3 rings (SSSR count). The van der Waals surface area contributed by atoms with Crippen LogP contribution in [-0.4, -0.2) is 42.7 Å². The maximum Gasteiger partial charge on any atom is 0.154 e. The van der Waals surface area contributed by atoms with Crippen LogP contribution in [0.25, 0.3) is 0 Å². The summed E-state index contributed by atoms with van der Waals surface area (Å²) in [5.41, 5.74) is 2.29. The number of piperidine rings is 1. The molecule has 1 saturated heterocycles. The number of nitrogens with zero attached hydrogens (tertiary/aromatic N) is 2. The highest BCUT2D eigenvalue weighted by molar-refractivity contribution is 6.30. The Bertz CT molecular complexity index is 517. The first kappa shape index (κ1) is 14.9. The average Bonchev–Trinajstić information content (AvgIpc) is 2.87. The van der Waals surface area contributed by atoms with Crippen molar-refractivity contribution in [2.45, 2.75) is 38.1 Å². The fraction of sp³-hybridized carbons (Fsp3) is 0.562. The second-order valence-corrected chi connectivity index (χ2v) is 6.40. The van der Waals surface area contributed by atoms with Gasteiger partial charge in [0, 0.05) is 30.4 Å². The first-order valence-electron chi connectivity index (χ1n) is 7.52. The average molecular weight is 310 g/mol. The summed E-state index contributed by atoms with van der Waals surface area (Å²) in [6.07, 6.45) is 0.696. The summed E-state index contributed by atoms with van der Waals surface area (Å²) >= 11 is 5.91. The number of halogens is 2. The molecule has 0 radical (unpaired) electrons. The molecule has 1 aromatic rings. The van der Waals surface area contributed by atoms with Crippen LogP contribution in [0, 0.1) is 0 Å². The summed E-state index contributed by atoms with van der Waals surface area (Å²) in [5.74, 6) is 0.287. The molecule has 0 aliphatic carbocycles. The Balaban J connectivity index is 1.58. The lowest BCUT2D eigenvalue weighted by molar-refractivity contribution is 0.0313. The summed E-state index contributed by atoms with van der Waals surface area (Å²) in [6, 6.07) is 7.80. The molecule has 0 spiro atoms. The highest BCUT2D eigenvalue weighted by Crippen LogP contribution is 2.32. The molecule has 3 atom stereocenters. The number of nitrogens with one attached hydrogen (secondary N) is 1. The molecule has 5 heteroatoms. The first-order chi connectivity index (χ1) is 10.1. The maximum atomic E-state index is 14.4. The normalized spacial score (nSPS) is 30.4. The lowest BCUT2D eigenvalue weighted by Gasteiger charge is -2.36. The third-order valence-electron chi connectivity index (χ3n) is 4.36. The lowest BCUT2D eigenvalue weighted by atomic mass is 9.89. The van der Waals surface area contributed by atoms with Crippen molar-refractivity contribution in [3.05, 3.63) is 34.9 Å². The molecule has 3 unspecified atom stereocenters. The van der Waals surface area contributed by atoms with Gasteiger partial charge >= 0.3 is 0 Å². The van der Waals surface area contributed by atoms with Crippen molar-refractivity contribution in [1.29, 1.82) is 0 Å². The molecule has 114 valence electrons. The topological polar surface area (TPSA) is 27.6 Å². The van der Waals surface area contributed by atoms with Crippen molar-refractivity contribution in [2.24, 2.45) is 4.99 Å². The predicted molar refractivity (Wildman–Crippen MR) is 84.8 cm³/mol. The van der Waals surface area contributed by atoms with Crippen LogP contribution in [-0.2, 0) is 0 Å². The Morgan fingerprint density at radius 3 is 2.76 bits per heavy atom. The summed E-state index contributed by atoms with van der Waals surface area (Å²) in [5, 5.41) is 4.03. The fourth-order valence-electron chi connectivity index (χ4n) is 3.16. The van der Waals surface area contributed by atoms with Gasteiger partial charge in [-0.25, -0.2) is 4.39 Å². The van der Waals surface area contributed by atoms with E-state index in [1.54, 1.807) is 0 Å². The zero-order chi connectivity index (χ0) is 14.8. The molecule has 2 heterocycles. The molecule has 21 heavy (non-hydrogen) atoms. The minimum absolute atomic E-state index is 0.0512. The van der Waals surface area contributed by atoms with Crippen molar-refractivity contribution in [1.82, 2.24) is 10.2 Å². The van der Waals surface area contributed by atoms with Gasteiger partial charge in [-0.1, -0.05) is 23.7 Å². The molecular formula is C16H21ClFN3. The van der Waals surface area contributed by atoms with Gasteiger partial charge in [0.15, 0.2) is 6.30 Å². The van der Waals surface area contributed by atoms with Gasteiger partial charge in [0.25, 0.3) is 0 Å². The number of hydrogen-bond acceptors (Lipinski definition) is 3. The van der Waals surface area contributed by atoms with E-state index in [-0.39, 0.29) is 12.1 Å². The van der Waals surface area contributed by atoms with Crippen LogP contribution in [0.2, 0.25) is 5.02 Å². The Kier molecular flexibility index (Phi) is 4.57. The zero-order valence-corrected chi connectivity index (χ0v) is 13.0. The van der Waals surface area contributed by atoms with E-state index in [4.69, 9.17) is 11.6 Å². The minimum atomic E-state index is -0.891. The van der Waals surface area contributed by atoms with Crippen molar-refractivity contribution in [2.75, 3.05) is 19.6 Å². The van der Waals surface area contributed by atoms with E-state index in [2.05, 4.69) is 10.3 Å². The quantitative estimate of drug-likeness (QED) is 0.868. The van der Waals surface area contributed by atoms with Crippen molar-refractivity contribution in [3.8, 4) is 0 Å².